The van der Waals surface area contributed by atoms with E-state index in [9.17, 15) is 9.90 Å². The molecule has 0 fully saturated rings. The van der Waals surface area contributed by atoms with Crippen molar-refractivity contribution in [1.29, 1.82) is 0 Å². The molecule has 0 aliphatic heterocycles. The van der Waals surface area contributed by atoms with Crippen molar-refractivity contribution in [3.63, 3.8) is 0 Å². The van der Waals surface area contributed by atoms with Gasteiger partial charge in [-0.05, 0) is 20.3 Å². The Morgan fingerprint density at radius 2 is 2.16 bits per heavy atom. The third-order valence-corrected chi connectivity index (χ3v) is 3.86. The molecule has 2 aromatic rings. The molecule has 0 aliphatic carbocycles. The highest BCUT2D eigenvalue weighted by atomic mass is 32.1. The molecule has 0 saturated carbocycles. The number of carboxylic acid groups (broad SMARTS) is 1. The van der Waals surface area contributed by atoms with Gasteiger partial charge < -0.3 is 5.11 Å². The van der Waals surface area contributed by atoms with Crippen molar-refractivity contribution in [2.75, 3.05) is 0 Å². The van der Waals surface area contributed by atoms with Crippen LogP contribution in [0, 0.1) is 13.8 Å². The van der Waals surface area contributed by atoms with E-state index in [1.54, 1.807) is 4.68 Å². The minimum absolute atomic E-state index is 0.00264. The average Bonchev–Trinajstić information content (AvgIpc) is 2.89. The summed E-state index contributed by atoms with van der Waals surface area (Å²) in [4.78, 5) is 16.5. The topological polar surface area (TPSA) is 80.9 Å². The fourth-order valence-electron chi connectivity index (χ4n) is 1.90. The molecule has 19 heavy (non-hydrogen) atoms. The van der Waals surface area contributed by atoms with Crippen LogP contribution in [0.5, 0.6) is 0 Å². The molecule has 102 valence electrons. The Hall–Kier alpha value is -1.76. The highest BCUT2D eigenvalue weighted by molar-refractivity contribution is 7.15. The molecule has 2 heterocycles. The first-order valence-electron chi connectivity index (χ1n) is 6.15. The normalized spacial score (nSPS) is 10.9. The second kappa shape index (κ2) is 5.48. The fourth-order valence-corrected chi connectivity index (χ4v) is 2.87. The van der Waals surface area contributed by atoms with E-state index in [2.05, 4.69) is 22.2 Å². The van der Waals surface area contributed by atoms with Crippen LogP contribution in [0.25, 0.3) is 10.6 Å². The lowest BCUT2D eigenvalue weighted by Gasteiger charge is -2.05. The molecule has 0 saturated heterocycles. The number of aromatic carboxylic acids is 1. The summed E-state index contributed by atoms with van der Waals surface area (Å²) in [5.41, 5.74) is 1.40. The molecule has 6 nitrogen and oxygen atoms in total. The van der Waals surface area contributed by atoms with Gasteiger partial charge in [-0.2, -0.15) is 0 Å². The van der Waals surface area contributed by atoms with Crippen molar-refractivity contribution in [3.05, 3.63) is 16.4 Å². The zero-order chi connectivity index (χ0) is 14.0. The summed E-state index contributed by atoms with van der Waals surface area (Å²) >= 11 is 1.48. The maximum absolute atomic E-state index is 11.3. The standard InChI is InChI=1S/C12H16N4O2S/c1-4-5-6-16-10(9(12(17)18)14-15-16)11-7(2)13-8(3)19-11/h4-6H2,1-3H3,(H,17,18). The highest BCUT2D eigenvalue weighted by Gasteiger charge is 2.23. The smallest absolute Gasteiger partial charge is 0.358 e. The van der Waals surface area contributed by atoms with Crippen LogP contribution in [-0.4, -0.2) is 31.1 Å². The first-order valence-corrected chi connectivity index (χ1v) is 6.97. The summed E-state index contributed by atoms with van der Waals surface area (Å²) in [7, 11) is 0. The maximum atomic E-state index is 11.3. The van der Waals surface area contributed by atoms with E-state index in [4.69, 9.17) is 0 Å². The second-order valence-corrected chi connectivity index (χ2v) is 5.52. The molecule has 0 amide bonds. The van der Waals surface area contributed by atoms with Crippen LogP contribution >= 0.6 is 11.3 Å². The van der Waals surface area contributed by atoms with E-state index in [0.29, 0.717) is 12.2 Å². The Kier molecular flexibility index (Phi) is 3.94. The summed E-state index contributed by atoms with van der Waals surface area (Å²) in [5, 5.41) is 17.9. The van der Waals surface area contributed by atoms with Crippen molar-refractivity contribution in [2.45, 2.75) is 40.2 Å². The van der Waals surface area contributed by atoms with Crippen molar-refractivity contribution in [1.82, 2.24) is 20.0 Å². The van der Waals surface area contributed by atoms with E-state index < -0.39 is 5.97 Å². The van der Waals surface area contributed by atoms with Gasteiger partial charge in [-0.1, -0.05) is 18.6 Å². The summed E-state index contributed by atoms with van der Waals surface area (Å²) in [6, 6.07) is 0. The Morgan fingerprint density at radius 3 is 2.68 bits per heavy atom. The fraction of sp³-hybridized carbons (Fsp3) is 0.500. The molecular weight excluding hydrogens is 264 g/mol. The lowest BCUT2D eigenvalue weighted by Crippen LogP contribution is -2.05. The quantitative estimate of drug-likeness (QED) is 0.910. The molecule has 0 radical (unpaired) electrons. The number of aromatic nitrogens is 4. The van der Waals surface area contributed by atoms with Crippen LogP contribution in [0.3, 0.4) is 0 Å². The molecular formula is C12H16N4O2S. The predicted molar refractivity (Wildman–Crippen MR) is 72.5 cm³/mol. The van der Waals surface area contributed by atoms with Gasteiger partial charge in [0.05, 0.1) is 15.6 Å². The molecule has 2 rings (SSSR count). The van der Waals surface area contributed by atoms with Gasteiger partial charge in [0, 0.05) is 6.54 Å². The lowest BCUT2D eigenvalue weighted by atomic mass is 10.2. The molecule has 2 aromatic heterocycles. The van der Waals surface area contributed by atoms with Crippen molar-refractivity contribution in [2.24, 2.45) is 0 Å². The number of carboxylic acids is 1. The Bertz CT molecular complexity index is 603. The van der Waals surface area contributed by atoms with Crippen LogP contribution in [-0.2, 0) is 6.54 Å². The number of carbonyl (C=O) groups is 1. The van der Waals surface area contributed by atoms with Crippen LogP contribution in [0.2, 0.25) is 0 Å². The Balaban J connectivity index is 2.54. The number of rotatable bonds is 5. The molecule has 7 heteroatoms. The molecule has 0 spiro atoms. The average molecular weight is 280 g/mol. The number of hydrogen-bond donors (Lipinski definition) is 1. The zero-order valence-corrected chi connectivity index (χ0v) is 12.0. The molecule has 0 aliphatic rings. The SMILES string of the molecule is CCCCn1nnc(C(=O)O)c1-c1sc(C)nc1C. The van der Waals surface area contributed by atoms with Crippen LogP contribution in [0.1, 0.15) is 41.0 Å². The summed E-state index contributed by atoms with van der Waals surface area (Å²) in [6.07, 6.45) is 1.95. The van der Waals surface area contributed by atoms with Crippen LogP contribution in [0.15, 0.2) is 0 Å². The van der Waals surface area contributed by atoms with E-state index in [0.717, 1.165) is 28.4 Å². The maximum Gasteiger partial charge on any atom is 0.358 e. The number of thiazole rings is 1. The van der Waals surface area contributed by atoms with Gasteiger partial charge in [-0.3, -0.25) is 0 Å². The number of unbranched alkanes of at least 4 members (excludes halogenated alkanes) is 1. The molecule has 0 unspecified atom stereocenters. The summed E-state index contributed by atoms with van der Waals surface area (Å²) < 4.78 is 1.67. The summed E-state index contributed by atoms with van der Waals surface area (Å²) in [5.74, 6) is -1.05. The van der Waals surface area contributed by atoms with E-state index in [1.165, 1.54) is 11.3 Å². The Morgan fingerprint density at radius 1 is 1.42 bits per heavy atom. The van der Waals surface area contributed by atoms with Gasteiger partial charge in [0.15, 0.2) is 5.69 Å². The van der Waals surface area contributed by atoms with Gasteiger partial charge in [0.25, 0.3) is 0 Å². The number of hydrogen-bond acceptors (Lipinski definition) is 5. The van der Waals surface area contributed by atoms with Gasteiger partial charge in [0.2, 0.25) is 0 Å². The second-order valence-electron chi connectivity index (χ2n) is 4.32. The van der Waals surface area contributed by atoms with Gasteiger partial charge in [-0.25, -0.2) is 14.5 Å². The monoisotopic (exact) mass is 280 g/mol. The lowest BCUT2D eigenvalue weighted by molar-refractivity contribution is 0.0691. The van der Waals surface area contributed by atoms with Gasteiger partial charge >= 0.3 is 5.97 Å². The molecule has 0 bridgehead atoms. The third kappa shape index (κ3) is 2.65. The first-order chi connectivity index (χ1) is 9.04. The zero-order valence-electron chi connectivity index (χ0n) is 11.2. The van der Waals surface area contributed by atoms with Crippen LogP contribution in [0.4, 0.5) is 0 Å². The molecule has 1 N–H and O–H groups in total. The molecule has 0 aromatic carbocycles. The van der Waals surface area contributed by atoms with Crippen molar-refractivity contribution in [3.8, 4) is 10.6 Å². The van der Waals surface area contributed by atoms with Crippen molar-refractivity contribution < 1.29 is 9.90 Å². The van der Waals surface area contributed by atoms with Gasteiger partial charge in [-0.15, -0.1) is 16.4 Å². The molecule has 0 atom stereocenters. The minimum Gasteiger partial charge on any atom is -0.476 e. The van der Waals surface area contributed by atoms with Gasteiger partial charge in [0.1, 0.15) is 5.69 Å². The van der Waals surface area contributed by atoms with Crippen molar-refractivity contribution >= 4 is 17.3 Å². The Labute approximate surface area is 115 Å². The first kappa shape index (κ1) is 13.7. The predicted octanol–water partition coefficient (Wildman–Crippen LogP) is 2.52. The van der Waals surface area contributed by atoms with Crippen LogP contribution < -0.4 is 0 Å². The minimum atomic E-state index is -1.05. The van der Waals surface area contributed by atoms with E-state index in [1.807, 2.05) is 13.8 Å². The van der Waals surface area contributed by atoms with E-state index in [-0.39, 0.29) is 5.69 Å². The third-order valence-electron chi connectivity index (χ3n) is 2.78. The summed E-state index contributed by atoms with van der Waals surface area (Å²) in [6.45, 7) is 6.53. The highest BCUT2D eigenvalue weighted by Crippen LogP contribution is 2.31. The number of aryl methyl sites for hydroxylation is 3. The largest absolute Gasteiger partial charge is 0.476 e. The number of nitrogens with zero attached hydrogens (tertiary/aromatic N) is 4. The van der Waals surface area contributed by atoms with E-state index >= 15 is 0 Å².